The van der Waals surface area contributed by atoms with E-state index in [1.54, 1.807) is 0 Å². The first kappa shape index (κ1) is 10.8. The van der Waals surface area contributed by atoms with Crippen molar-refractivity contribution in [3.05, 3.63) is 12.4 Å². The Labute approximate surface area is 85.5 Å². The number of hydrogen-bond acceptors (Lipinski definition) is 5. The van der Waals surface area contributed by atoms with Gasteiger partial charge in [-0.25, -0.2) is 9.97 Å². The average molecular weight is 214 g/mol. The SMILES string of the molecule is CCOc1cnc(SCC(=O)O)nc1. The molecular formula is C8H10N2O3S. The number of ether oxygens (including phenoxy) is 1. The van der Waals surface area contributed by atoms with Crippen molar-refractivity contribution in [2.45, 2.75) is 12.1 Å². The highest BCUT2D eigenvalue weighted by Gasteiger charge is 2.02. The second-order valence-electron chi connectivity index (χ2n) is 2.32. The number of thioether (sulfide) groups is 1. The molecule has 0 aliphatic rings. The fraction of sp³-hybridized carbons (Fsp3) is 0.375. The zero-order valence-electron chi connectivity index (χ0n) is 7.64. The fourth-order valence-corrected chi connectivity index (χ4v) is 1.25. The molecule has 0 aliphatic heterocycles. The van der Waals surface area contributed by atoms with E-state index in [0.29, 0.717) is 17.5 Å². The molecule has 76 valence electrons. The van der Waals surface area contributed by atoms with Crippen LogP contribution >= 0.6 is 11.8 Å². The monoisotopic (exact) mass is 214 g/mol. The second-order valence-corrected chi connectivity index (χ2v) is 3.26. The molecule has 1 heterocycles. The van der Waals surface area contributed by atoms with Gasteiger partial charge >= 0.3 is 5.97 Å². The second kappa shape index (κ2) is 5.43. The van der Waals surface area contributed by atoms with Crippen molar-refractivity contribution in [3.63, 3.8) is 0 Å². The first-order valence-electron chi connectivity index (χ1n) is 4.01. The van der Waals surface area contributed by atoms with E-state index in [0.717, 1.165) is 11.8 Å². The van der Waals surface area contributed by atoms with Crippen LogP contribution in [0, 0.1) is 0 Å². The minimum atomic E-state index is -0.882. The standard InChI is InChI=1S/C8H10N2O3S/c1-2-13-6-3-9-8(10-4-6)14-5-7(11)12/h3-4H,2,5H2,1H3,(H,11,12). The van der Waals surface area contributed by atoms with Crippen LogP contribution in [0.1, 0.15) is 6.92 Å². The first-order valence-corrected chi connectivity index (χ1v) is 5.00. The lowest BCUT2D eigenvalue weighted by Crippen LogP contribution is -1.99. The van der Waals surface area contributed by atoms with Gasteiger partial charge in [0, 0.05) is 0 Å². The van der Waals surface area contributed by atoms with Crippen LogP contribution < -0.4 is 4.74 Å². The maximum atomic E-state index is 10.2. The number of nitrogens with zero attached hydrogens (tertiary/aromatic N) is 2. The van der Waals surface area contributed by atoms with Crippen molar-refractivity contribution in [3.8, 4) is 5.75 Å². The van der Waals surface area contributed by atoms with Crippen LogP contribution in [0.15, 0.2) is 17.6 Å². The molecule has 0 amide bonds. The van der Waals surface area contributed by atoms with Crippen LogP contribution in [0.3, 0.4) is 0 Å². The summed E-state index contributed by atoms with van der Waals surface area (Å²) >= 11 is 1.08. The summed E-state index contributed by atoms with van der Waals surface area (Å²) in [5, 5.41) is 8.85. The molecule has 0 unspecified atom stereocenters. The van der Waals surface area contributed by atoms with Gasteiger partial charge in [0.25, 0.3) is 0 Å². The van der Waals surface area contributed by atoms with E-state index in [2.05, 4.69) is 9.97 Å². The quantitative estimate of drug-likeness (QED) is 0.583. The third kappa shape index (κ3) is 3.61. The minimum Gasteiger partial charge on any atom is -0.491 e. The van der Waals surface area contributed by atoms with Crippen molar-refractivity contribution in [1.82, 2.24) is 9.97 Å². The van der Waals surface area contributed by atoms with E-state index in [4.69, 9.17) is 9.84 Å². The average Bonchev–Trinajstić information content (AvgIpc) is 2.17. The fourth-order valence-electron chi connectivity index (χ4n) is 0.746. The van der Waals surface area contributed by atoms with Crippen molar-refractivity contribution in [2.24, 2.45) is 0 Å². The summed E-state index contributed by atoms with van der Waals surface area (Å²) in [6.07, 6.45) is 3.06. The van der Waals surface area contributed by atoms with Crippen LogP contribution in [0.4, 0.5) is 0 Å². The number of carbonyl (C=O) groups is 1. The van der Waals surface area contributed by atoms with Gasteiger partial charge in [-0.05, 0) is 6.92 Å². The largest absolute Gasteiger partial charge is 0.491 e. The minimum absolute atomic E-state index is 0.0337. The van der Waals surface area contributed by atoms with Crippen molar-refractivity contribution >= 4 is 17.7 Å². The molecule has 0 bridgehead atoms. The Morgan fingerprint density at radius 2 is 2.21 bits per heavy atom. The molecule has 1 rings (SSSR count). The molecule has 1 aromatic rings. The molecule has 5 nitrogen and oxygen atoms in total. The predicted molar refractivity (Wildman–Crippen MR) is 51.6 cm³/mol. The smallest absolute Gasteiger partial charge is 0.313 e. The molecule has 1 N–H and O–H groups in total. The van der Waals surface area contributed by atoms with Gasteiger partial charge in [-0.1, -0.05) is 11.8 Å². The number of aliphatic carboxylic acids is 1. The number of carboxylic acids is 1. The van der Waals surface area contributed by atoms with E-state index in [1.807, 2.05) is 6.92 Å². The van der Waals surface area contributed by atoms with Gasteiger partial charge in [-0.2, -0.15) is 0 Å². The van der Waals surface area contributed by atoms with Crippen LogP contribution in [0.5, 0.6) is 5.75 Å². The number of rotatable bonds is 5. The molecule has 14 heavy (non-hydrogen) atoms. The molecule has 0 aromatic carbocycles. The van der Waals surface area contributed by atoms with Gasteiger partial charge in [0.15, 0.2) is 10.9 Å². The third-order valence-electron chi connectivity index (χ3n) is 1.24. The predicted octanol–water partition coefficient (Wildman–Crippen LogP) is 1.05. The third-order valence-corrected chi connectivity index (χ3v) is 2.10. The van der Waals surface area contributed by atoms with E-state index in [9.17, 15) is 4.79 Å². The van der Waals surface area contributed by atoms with Gasteiger partial charge < -0.3 is 9.84 Å². The number of hydrogen-bond donors (Lipinski definition) is 1. The highest BCUT2D eigenvalue weighted by molar-refractivity contribution is 7.99. The molecule has 0 saturated carbocycles. The van der Waals surface area contributed by atoms with Crippen LogP contribution in [-0.4, -0.2) is 33.4 Å². The zero-order valence-corrected chi connectivity index (χ0v) is 8.45. The number of carboxylic acid groups (broad SMARTS) is 1. The highest BCUT2D eigenvalue weighted by atomic mass is 32.2. The van der Waals surface area contributed by atoms with Gasteiger partial charge in [0.05, 0.1) is 24.8 Å². The Kier molecular flexibility index (Phi) is 4.18. The number of aromatic nitrogens is 2. The summed E-state index contributed by atoms with van der Waals surface area (Å²) in [7, 11) is 0. The summed E-state index contributed by atoms with van der Waals surface area (Å²) < 4.78 is 5.14. The highest BCUT2D eigenvalue weighted by Crippen LogP contribution is 2.14. The molecule has 0 atom stereocenters. The lowest BCUT2D eigenvalue weighted by molar-refractivity contribution is -0.133. The lowest BCUT2D eigenvalue weighted by Gasteiger charge is -2.01. The van der Waals surface area contributed by atoms with Crippen molar-refractivity contribution < 1.29 is 14.6 Å². The van der Waals surface area contributed by atoms with Gasteiger partial charge in [-0.15, -0.1) is 0 Å². The van der Waals surface area contributed by atoms with Crippen LogP contribution in [0.2, 0.25) is 0 Å². The Morgan fingerprint density at radius 3 is 2.71 bits per heavy atom. The Bertz CT molecular complexity index is 302. The zero-order chi connectivity index (χ0) is 10.4. The summed E-state index contributed by atoms with van der Waals surface area (Å²) in [5.41, 5.74) is 0. The van der Waals surface area contributed by atoms with Gasteiger partial charge in [0.2, 0.25) is 0 Å². The first-order chi connectivity index (χ1) is 6.72. The van der Waals surface area contributed by atoms with Crippen LogP contribution in [-0.2, 0) is 4.79 Å². The van der Waals surface area contributed by atoms with E-state index >= 15 is 0 Å². The van der Waals surface area contributed by atoms with Crippen molar-refractivity contribution in [2.75, 3.05) is 12.4 Å². The van der Waals surface area contributed by atoms with E-state index in [-0.39, 0.29) is 5.75 Å². The maximum Gasteiger partial charge on any atom is 0.313 e. The maximum absolute atomic E-state index is 10.2. The molecule has 0 saturated heterocycles. The summed E-state index contributed by atoms with van der Waals surface area (Å²) in [6, 6.07) is 0. The lowest BCUT2D eigenvalue weighted by atomic mass is 10.6. The molecule has 0 spiro atoms. The summed E-state index contributed by atoms with van der Waals surface area (Å²) in [4.78, 5) is 18.1. The summed E-state index contributed by atoms with van der Waals surface area (Å²) in [5.74, 6) is -0.326. The van der Waals surface area contributed by atoms with E-state index < -0.39 is 5.97 Å². The van der Waals surface area contributed by atoms with E-state index in [1.165, 1.54) is 12.4 Å². The Balaban J connectivity index is 2.50. The molecular weight excluding hydrogens is 204 g/mol. The Hall–Kier alpha value is -1.30. The molecule has 0 radical (unpaired) electrons. The molecule has 6 heteroatoms. The van der Waals surface area contributed by atoms with Crippen molar-refractivity contribution in [1.29, 1.82) is 0 Å². The molecule has 0 fully saturated rings. The topological polar surface area (TPSA) is 72.3 Å². The molecule has 0 aliphatic carbocycles. The summed E-state index contributed by atoms with van der Waals surface area (Å²) in [6.45, 7) is 2.43. The Morgan fingerprint density at radius 1 is 1.57 bits per heavy atom. The van der Waals surface area contributed by atoms with Gasteiger partial charge in [0.1, 0.15) is 0 Å². The molecule has 1 aromatic heterocycles. The van der Waals surface area contributed by atoms with Crippen LogP contribution in [0.25, 0.3) is 0 Å². The van der Waals surface area contributed by atoms with Gasteiger partial charge in [-0.3, -0.25) is 4.79 Å². The normalized spacial score (nSPS) is 9.79.